The average Bonchev–Trinajstić information content (AvgIpc) is 2.19. The van der Waals surface area contributed by atoms with Gasteiger partial charge >= 0.3 is 0 Å². The van der Waals surface area contributed by atoms with Gasteiger partial charge in [0.25, 0.3) is 0 Å². The number of likely N-dealkylation sites (N-methyl/N-ethyl adjacent to an activating group) is 1. The van der Waals surface area contributed by atoms with Crippen LogP contribution in [0.2, 0.25) is 0 Å². The third kappa shape index (κ3) is 3.41. The van der Waals surface area contributed by atoms with Gasteiger partial charge in [0, 0.05) is 13.1 Å². The van der Waals surface area contributed by atoms with Crippen LogP contribution in [0, 0.1) is 0 Å². The summed E-state index contributed by atoms with van der Waals surface area (Å²) in [6.45, 7) is 4.00. The van der Waals surface area contributed by atoms with E-state index in [4.69, 9.17) is 4.74 Å². The van der Waals surface area contributed by atoms with Gasteiger partial charge in [-0.2, -0.15) is 4.31 Å². The number of sulfonamides is 1. The first kappa shape index (κ1) is 12.9. The molecule has 1 heterocycles. The van der Waals surface area contributed by atoms with Gasteiger partial charge in [-0.3, -0.25) is 0 Å². The molecule has 0 amide bonds. The molecule has 1 N–H and O–H groups in total. The molecular formula is C9H20N2O3S. The zero-order chi connectivity index (χ0) is 11.3. The fraction of sp³-hybridized carbons (Fsp3) is 1.00. The van der Waals surface area contributed by atoms with Crippen molar-refractivity contribution in [2.24, 2.45) is 0 Å². The van der Waals surface area contributed by atoms with E-state index in [1.54, 1.807) is 4.31 Å². The molecule has 1 saturated heterocycles. The Morgan fingerprint density at radius 3 is 2.87 bits per heavy atom. The summed E-state index contributed by atoms with van der Waals surface area (Å²) in [7, 11) is -1.27. The van der Waals surface area contributed by atoms with Crippen LogP contribution in [0.4, 0.5) is 0 Å². The summed E-state index contributed by atoms with van der Waals surface area (Å²) in [5, 5.41) is 3.00. The Balaban J connectivity index is 2.70. The van der Waals surface area contributed by atoms with E-state index in [1.165, 1.54) is 0 Å². The smallest absolute Gasteiger partial charge is 0.214 e. The SMILES string of the molecule is CCCS(=O)(=O)N1CCOCC1CNC. The maximum Gasteiger partial charge on any atom is 0.214 e. The highest BCUT2D eigenvalue weighted by Crippen LogP contribution is 2.13. The molecule has 1 aliphatic rings. The summed E-state index contributed by atoms with van der Waals surface area (Å²) in [6.07, 6.45) is 0.659. The molecular weight excluding hydrogens is 216 g/mol. The standard InChI is InChI=1S/C9H20N2O3S/c1-3-6-15(12,13)11-4-5-14-8-9(11)7-10-2/h9-10H,3-8H2,1-2H3. The van der Waals surface area contributed by atoms with Gasteiger partial charge in [0.05, 0.1) is 25.0 Å². The van der Waals surface area contributed by atoms with Crippen LogP contribution in [0.3, 0.4) is 0 Å². The number of ether oxygens (including phenoxy) is 1. The molecule has 0 radical (unpaired) electrons. The van der Waals surface area contributed by atoms with Crippen LogP contribution < -0.4 is 5.32 Å². The van der Waals surface area contributed by atoms with Crippen LogP contribution in [0.1, 0.15) is 13.3 Å². The highest BCUT2D eigenvalue weighted by Gasteiger charge is 2.31. The molecule has 0 aromatic rings. The molecule has 0 aromatic heterocycles. The Hall–Kier alpha value is -0.170. The Kier molecular flexibility index (Phi) is 4.98. The number of morpholine rings is 1. The normalized spacial score (nSPS) is 24.3. The van der Waals surface area contributed by atoms with Crippen LogP contribution >= 0.6 is 0 Å². The highest BCUT2D eigenvalue weighted by molar-refractivity contribution is 7.89. The molecule has 15 heavy (non-hydrogen) atoms. The highest BCUT2D eigenvalue weighted by atomic mass is 32.2. The first-order valence-electron chi connectivity index (χ1n) is 5.33. The zero-order valence-electron chi connectivity index (χ0n) is 9.40. The molecule has 0 aliphatic carbocycles. The number of hydrogen-bond donors (Lipinski definition) is 1. The molecule has 0 saturated carbocycles. The summed E-state index contributed by atoms with van der Waals surface area (Å²) in [5.74, 6) is 0.229. The van der Waals surface area contributed by atoms with Crippen molar-refractivity contribution in [2.45, 2.75) is 19.4 Å². The van der Waals surface area contributed by atoms with Gasteiger partial charge in [-0.15, -0.1) is 0 Å². The van der Waals surface area contributed by atoms with E-state index in [0.29, 0.717) is 32.7 Å². The van der Waals surface area contributed by atoms with Crippen molar-refractivity contribution >= 4 is 10.0 Å². The lowest BCUT2D eigenvalue weighted by Gasteiger charge is -2.34. The maximum atomic E-state index is 11.9. The van der Waals surface area contributed by atoms with Crippen LogP contribution in [0.25, 0.3) is 0 Å². The second kappa shape index (κ2) is 5.79. The van der Waals surface area contributed by atoms with E-state index in [1.807, 2.05) is 14.0 Å². The Morgan fingerprint density at radius 1 is 1.53 bits per heavy atom. The van der Waals surface area contributed by atoms with Crippen molar-refractivity contribution in [3.63, 3.8) is 0 Å². The van der Waals surface area contributed by atoms with Crippen molar-refractivity contribution in [3.8, 4) is 0 Å². The second-order valence-corrected chi connectivity index (χ2v) is 5.75. The minimum atomic E-state index is -3.09. The summed E-state index contributed by atoms with van der Waals surface area (Å²) in [4.78, 5) is 0. The van der Waals surface area contributed by atoms with Gasteiger partial charge in [0.1, 0.15) is 0 Å². The number of hydrogen-bond acceptors (Lipinski definition) is 4. The predicted molar refractivity (Wildman–Crippen MR) is 59.3 cm³/mol. The van der Waals surface area contributed by atoms with E-state index in [0.717, 1.165) is 0 Å². The Bertz CT molecular complexity index is 277. The van der Waals surface area contributed by atoms with E-state index in [-0.39, 0.29) is 11.8 Å². The Labute approximate surface area is 91.8 Å². The lowest BCUT2D eigenvalue weighted by Crippen LogP contribution is -2.52. The molecule has 1 aliphatic heterocycles. The van der Waals surface area contributed by atoms with Crippen LogP contribution in [-0.2, 0) is 14.8 Å². The van der Waals surface area contributed by atoms with Gasteiger partial charge in [-0.25, -0.2) is 8.42 Å². The fourth-order valence-electron chi connectivity index (χ4n) is 1.78. The van der Waals surface area contributed by atoms with Gasteiger partial charge in [0.2, 0.25) is 10.0 Å². The van der Waals surface area contributed by atoms with Crippen molar-refractivity contribution < 1.29 is 13.2 Å². The van der Waals surface area contributed by atoms with Gasteiger partial charge in [-0.1, -0.05) is 6.92 Å². The van der Waals surface area contributed by atoms with E-state index in [9.17, 15) is 8.42 Å². The van der Waals surface area contributed by atoms with E-state index >= 15 is 0 Å². The summed E-state index contributed by atoms with van der Waals surface area (Å²) >= 11 is 0. The van der Waals surface area contributed by atoms with Crippen LogP contribution in [-0.4, -0.2) is 57.9 Å². The summed E-state index contributed by atoms with van der Waals surface area (Å²) in [5.41, 5.74) is 0. The monoisotopic (exact) mass is 236 g/mol. The van der Waals surface area contributed by atoms with Gasteiger partial charge in [-0.05, 0) is 13.5 Å². The lowest BCUT2D eigenvalue weighted by atomic mass is 10.3. The first-order valence-corrected chi connectivity index (χ1v) is 6.94. The van der Waals surface area contributed by atoms with Crippen molar-refractivity contribution in [2.75, 3.05) is 39.1 Å². The van der Waals surface area contributed by atoms with E-state index in [2.05, 4.69) is 5.32 Å². The zero-order valence-corrected chi connectivity index (χ0v) is 10.2. The molecule has 6 heteroatoms. The quantitative estimate of drug-likeness (QED) is 0.708. The largest absolute Gasteiger partial charge is 0.378 e. The number of rotatable bonds is 5. The number of nitrogens with one attached hydrogen (secondary N) is 1. The fourth-order valence-corrected chi connectivity index (χ4v) is 3.47. The Morgan fingerprint density at radius 2 is 2.27 bits per heavy atom. The molecule has 1 unspecified atom stereocenters. The molecule has 0 aromatic carbocycles. The lowest BCUT2D eigenvalue weighted by molar-refractivity contribution is 0.0335. The summed E-state index contributed by atoms with van der Waals surface area (Å²) in [6, 6.07) is -0.0553. The molecule has 0 spiro atoms. The molecule has 1 rings (SSSR count). The minimum Gasteiger partial charge on any atom is -0.378 e. The molecule has 1 atom stereocenters. The summed E-state index contributed by atoms with van der Waals surface area (Å²) < 4.78 is 30.7. The van der Waals surface area contributed by atoms with Gasteiger partial charge in [0.15, 0.2) is 0 Å². The first-order chi connectivity index (χ1) is 7.11. The van der Waals surface area contributed by atoms with E-state index < -0.39 is 10.0 Å². The molecule has 0 bridgehead atoms. The second-order valence-electron chi connectivity index (χ2n) is 3.71. The van der Waals surface area contributed by atoms with Crippen molar-refractivity contribution in [1.29, 1.82) is 0 Å². The third-order valence-electron chi connectivity index (χ3n) is 2.43. The topological polar surface area (TPSA) is 58.6 Å². The molecule has 5 nitrogen and oxygen atoms in total. The van der Waals surface area contributed by atoms with Crippen molar-refractivity contribution in [1.82, 2.24) is 9.62 Å². The minimum absolute atomic E-state index is 0.0553. The van der Waals surface area contributed by atoms with Crippen LogP contribution in [0.5, 0.6) is 0 Å². The van der Waals surface area contributed by atoms with Crippen molar-refractivity contribution in [3.05, 3.63) is 0 Å². The predicted octanol–water partition coefficient (Wildman–Crippen LogP) is -0.354. The van der Waals surface area contributed by atoms with Crippen LogP contribution in [0.15, 0.2) is 0 Å². The third-order valence-corrected chi connectivity index (χ3v) is 4.55. The average molecular weight is 236 g/mol. The maximum absolute atomic E-state index is 11.9. The van der Waals surface area contributed by atoms with Gasteiger partial charge < -0.3 is 10.1 Å². The molecule has 90 valence electrons. The molecule has 1 fully saturated rings. The number of nitrogens with zero attached hydrogens (tertiary/aromatic N) is 1.